The van der Waals surface area contributed by atoms with Crippen molar-refractivity contribution >= 4 is 17.3 Å². The molecule has 2 heterocycles. The van der Waals surface area contributed by atoms with E-state index >= 15 is 0 Å². The second-order valence-corrected chi connectivity index (χ2v) is 8.81. The average Bonchev–Trinajstić information content (AvgIpc) is 3.24. The number of ether oxygens (including phenoxy) is 2. The van der Waals surface area contributed by atoms with Crippen LogP contribution in [0, 0.1) is 23.1 Å². The van der Waals surface area contributed by atoms with Crippen molar-refractivity contribution in [2.45, 2.75) is 44.8 Å². The number of anilines is 2. The van der Waals surface area contributed by atoms with Crippen LogP contribution in [0.3, 0.4) is 0 Å². The zero-order chi connectivity index (χ0) is 24.1. The number of hydrogen-bond donors (Lipinski definition) is 1. The van der Waals surface area contributed by atoms with Gasteiger partial charge >= 0.3 is 5.97 Å². The molecule has 0 saturated carbocycles. The van der Waals surface area contributed by atoms with Gasteiger partial charge in [0.1, 0.15) is 23.4 Å². The highest BCUT2D eigenvalue weighted by atomic mass is 19.1. The molecule has 0 aromatic heterocycles. The first-order chi connectivity index (χ1) is 16.5. The molecule has 2 saturated heterocycles. The Balaban J connectivity index is 1.34. The highest BCUT2D eigenvalue weighted by Gasteiger charge is 2.33. The van der Waals surface area contributed by atoms with Crippen LogP contribution in [0.1, 0.15) is 32.6 Å². The van der Waals surface area contributed by atoms with Gasteiger partial charge in [0, 0.05) is 50.3 Å². The Morgan fingerprint density at radius 2 is 1.88 bits per heavy atom. The first-order valence-corrected chi connectivity index (χ1v) is 11.8. The maximum absolute atomic E-state index is 14.4. The molecular weight excluding hydrogens is 437 g/mol. The molecule has 180 valence electrons. The fourth-order valence-corrected chi connectivity index (χ4v) is 4.84. The Kier molecular flexibility index (Phi) is 7.41. The predicted octanol–water partition coefficient (Wildman–Crippen LogP) is 4.47. The molecule has 0 radical (unpaired) electrons. The summed E-state index contributed by atoms with van der Waals surface area (Å²) in [7, 11) is 0. The molecule has 2 aromatic carbocycles. The molecule has 34 heavy (non-hydrogen) atoms. The Morgan fingerprint density at radius 3 is 2.53 bits per heavy atom. The van der Waals surface area contributed by atoms with Gasteiger partial charge < -0.3 is 24.4 Å². The second kappa shape index (κ2) is 10.6. The first-order valence-electron chi connectivity index (χ1n) is 11.8. The molecule has 0 amide bonds. The zero-order valence-corrected chi connectivity index (χ0v) is 19.3. The molecule has 7 nitrogen and oxygen atoms in total. The number of benzene rings is 2. The van der Waals surface area contributed by atoms with Crippen LogP contribution >= 0.6 is 0 Å². The molecule has 2 aliphatic rings. The number of carboxylic acid groups (broad SMARTS) is 1. The Labute approximate surface area is 199 Å². The van der Waals surface area contributed by atoms with Gasteiger partial charge in [-0.1, -0.05) is 0 Å². The molecule has 2 aliphatic heterocycles. The molecule has 2 fully saturated rings. The fraction of sp³-hybridized carbons (Fsp3) is 0.462. The number of aliphatic carboxylic acids is 1. The number of carboxylic acids is 1. The molecule has 8 heteroatoms. The van der Waals surface area contributed by atoms with E-state index in [1.165, 1.54) is 6.07 Å². The number of halogens is 1. The van der Waals surface area contributed by atoms with Gasteiger partial charge in [-0.2, -0.15) is 5.26 Å². The third kappa shape index (κ3) is 5.53. The van der Waals surface area contributed by atoms with E-state index in [0.29, 0.717) is 44.1 Å². The Bertz CT molecular complexity index is 1030. The van der Waals surface area contributed by atoms with Crippen molar-refractivity contribution in [3.63, 3.8) is 0 Å². The third-order valence-corrected chi connectivity index (χ3v) is 6.49. The van der Waals surface area contributed by atoms with E-state index < -0.39 is 5.97 Å². The van der Waals surface area contributed by atoms with E-state index in [4.69, 9.17) is 9.47 Å². The van der Waals surface area contributed by atoms with Crippen LogP contribution < -0.4 is 19.3 Å². The van der Waals surface area contributed by atoms with Crippen molar-refractivity contribution in [1.82, 2.24) is 0 Å². The molecule has 0 aliphatic carbocycles. The van der Waals surface area contributed by atoms with Gasteiger partial charge in [0.15, 0.2) is 0 Å². The van der Waals surface area contributed by atoms with Gasteiger partial charge in [0.05, 0.1) is 30.7 Å². The minimum absolute atomic E-state index is 0.0169. The van der Waals surface area contributed by atoms with E-state index in [2.05, 4.69) is 6.07 Å². The lowest BCUT2D eigenvalue weighted by molar-refractivity contribution is -0.137. The van der Waals surface area contributed by atoms with E-state index in [1.54, 1.807) is 12.1 Å². The molecule has 1 N–H and O–H groups in total. The van der Waals surface area contributed by atoms with Crippen molar-refractivity contribution in [1.29, 1.82) is 5.26 Å². The smallest absolute Gasteiger partial charge is 0.305 e. The minimum Gasteiger partial charge on any atom is -0.494 e. The summed E-state index contributed by atoms with van der Waals surface area (Å²) in [6, 6.07) is 14.6. The lowest BCUT2D eigenvalue weighted by Gasteiger charge is -2.34. The quantitative estimate of drug-likeness (QED) is 0.613. The summed E-state index contributed by atoms with van der Waals surface area (Å²) < 4.78 is 26.0. The zero-order valence-electron chi connectivity index (χ0n) is 19.3. The standard InChI is InChI=1S/C26H30FN3O4/c1-2-33-23-7-8-24(27)25(15-23)29-11-9-22(10-12-29)34-21-5-3-19(4-6-21)30-17-18(16-28)13-20(30)14-26(31)32/h3-8,15,18,20,22H,2,9-14,17H2,1H3,(H,31,32)/t18-,20+/m0/s1. The van der Waals surface area contributed by atoms with Gasteiger partial charge in [-0.25, -0.2) is 4.39 Å². The van der Waals surface area contributed by atoms with Gasteiger partial charge in [0.25, 0.3) is 0 Å². The molecule has 0 bridgehead atoms. The highest BCUT2D eigenvalue weighted by molar-refractivity contribution is 5.69. The van der Waals surface area contributed by atoms with Crippen molar-refractivity contribution in [3.05, 3.63) is 48.3 Å². The predicted molar refractivity (Wildman–Crippen MR) is 127 cm³/mol. The molecule has 4 rings (SSSR count). The van der Waals surface area contributed by atoms with E-state index in [0.717, 1.165) is 24.3 Å². The fourth-order valence-electron chi connectivity index (χ4n) is 4.84. The van der Waals surface area contributed by atoms with Gasteiger partial charge in [-0.3, -0.25) is 4.79 Å². The van der Waals surface area contributed by atoms with Gasteiger partial charge in [-0.05, 0) is 49.7 Å². The largest absolute Gasteiger partial charge is 0.494 e. The van der Waals surface area contributed by atoms with Crippen LogP contribution in [0.4, 0.5) is 15.8 Å². The van der Waals surface area contributed by atoms with E-state index in [1.807, 2.05) is 41.0 Å². The van der Waals surface area contributed by atoms with Crippen LogP contribution in [0.15, 0.2) is 42.5 Å². The number of piperidine rings is 1. The summed E-state index contributed by atoms with van der Waals surface area (Å²) >= 11 is 0. The van der Waals surface area contributed by atoms with E-state index in [-0.39, 0.29) is 30.3 Å². The van der Waals surface area contributed by atoms with Crippen LogP contribution in [-0.2, 0) is 4.79 Å². The molecule has 2 atom stereocenters. The third-order valence-electron chi connectivity index (χ3n) is 6.49. The lowest BCUT2D eigenvalue weighted by Crippen LogP contribution is -2.38. The second-order valence-electron chi connectivity index (χ2n) is 8.81. The number of nitrogens with zero attached hydrogens (tertiary/aromatic N) is 3. The molecule has 0 unspecified atom stereocenters. The van der Waals surface area contributed by atoms with Crippen LogP contribution in [0.5, 0.6) is 11.5 Å². The summed E-state index contributed by atoms with van der Waals surface area (Å²) in [4.78, 5) is 15.3. The van der Waals surface area contributed by atoms with Crippen molar-refractivity contribution in [3.8, 4) is 17.6 Å². The lowest BCUT2D eigenvalue weighted by atomic mass is 10.1. The SMILES string of the molecule is CCOc1ccc(F)c(N2CCC(Oc3ccc(N4C[C@H](C#N)C[C@@H]4CC(=O)O)cc3)CC2)c1. The number of nitriles is 1. The average molecular weight is 468 g/mol. The maximum Gasteiger partial charge on any atom is 0.305 e. The molecular formula is C26H30FN3O4. The molecule has 2 aromatic rings. The summed E-state index contributed by atoms with van der Waals surface area (Å²) in [6.07, 6.45) is 2.17. The summed E-state index contributed by atoms with van der Waals surface area (Å²) in [5.74, 6) is 0.147. The number of rotatable bonds is 8. The van der Waals surface area contributed by atoms with Gasteiger partial charge in [-0.15, -0.1) is 0 Å². The number of carbonyl (C=O) groups is 1. The van der Waals surface area contributed by atoms with E-state index in [9.17, 15) is 19.6 Å². The first kappa shape index (κ1) is 23.7. The molecule has 0 spiro atoms. The summed E-state index contributed by atoms with van der Waals surface area (Å²) in [6.45, 7) is 4.36. The summed E-state index contributed by atoms with van der Waals surface area (Å²) in [5, 5.41) is 18.5. The maximum atomic E-state index is 14.4. The van der Waals surface area contributed by atoms with Crippen LogP contribution in [0.25, 0.3) is 0 Å². The minimum atomic E-state index is -0.857. The Morgan fingerprint density at radius 1 is 1.18 bits per heavy atom. The monoisotopic (exact) mass is 467 g/mol. The topological polar surface area (TPSA) is 86.0 Å². The Hall–Kier alpha value is -3.47. The number of hydrogen-bond acceptors (Lipinski definition) is 6. The van der Waals surface area contributed by atoms with Gasteiger partial charge in [0.2, 0.25) is 0 Å². The van der Waals surface area contributed by atoms with Crippen molar-refractivity contribution in [2.24, 2.45) is 5.92 Å². The van der Waals surface area contributed by atoms with Crippen LogP contribution in [0.2, 0.25) is 0 Å². The van der Waals surface area contributed by atoms with Crippen LogP contribution in [-0.4, -0.2) is 49.5 Å². The van der Waals surface area contributed by atoms with Crippen molar-refractivity contribution < 1.29 is 23.8 Å². The highest BCUT2D eigenvalue weighted by Crippen LogP contribution is 2.33. The normalized spacial score (nSPS) is 20.7. The summed E-state index contributed by atoms with van der Waals surface area (Å²) in [5.41, 5.74) is 1.46. The van der Waals surface area contributed by atoms with Crippen molar-refractivity contribution in [2.75, 3.05) is 36.0 Å².